The van der Waals surface area contributed by atoms with Gasteiger partial charge >= 0.3 is 0 Å². The molecule has 0 saturated carbocycles. The predicted octanol–water partition coefficient (Wildman–Crippen LogP) is 4.53. The first-order valence-corrected chi connectivity index (χ1v) is 12.6. The number of morpholine rings is 1. The van der Waals surface area contributed by atoms with Gasteiger partial charge in [0.1, 0.15) is 5.58 Å². The van der Waals surface area contributed by atoms with E-state index in [4.69, 9.17) is 9.15 Å². The van der Waals surface area contributed by atoms with E-state index >= 15 is 0 Å². The maximum atomic E-state index is 13.8. The Morgan fingerprint density at radius 3 is 2.34 bits per heavy atom. The van der Waals surface area contributed by atoms with Gasteiger partial charge in [-0.3, -0.25) is 14.5 Å². The van der Waals surface area contributed by atoms with Crippen LogP contribution in [0.15, 0.2) is 51.7 Å². The zero-order chi connectivity index (χ0) is 24.7. The molecule has 6 heteroatoms. The average molecular weight is 475 g/mol. The summed E-state index contributed by atoms with van der Waals surface area (Å²) in [5.74, 6) is -0.0321. The number of hydrogen-bond donors (Lipinski definition) is 0. The molecule has 3 heterocycles. The topological polar surface area (TPSA) is 63.0 Å². The number of carbonyl (C=O) groups excluding carboxylic acids is 1. The molecule has 0 radical (unpaired) electrons. The number of benzene rings is 2. The van der Waals surface area contributed by atoms with Gasteiger partial charge in [0.2, 0.25) is 5.76 Å². The number of carbonyl (C=O) groups is 1. The summed E-state index contributed by atoms with van der Waals surface area (Å²) in [6.07, 6.45) is 0.828. The van der Waals surface area contributed by atoms with E-state index in [2.05, 4.69) is 56.9 Å². The lowest BCUT2D eigenvalue weighted by Gasteiger charge is -2.31. The van der Waals surface area contributed by atoms with E-state index < -0.39 is 6.04 Å². The third-order valence-corrected chi connectivity index (χ3v) is 7.29. The molecule has 0 N–H and O–H groups in total. The van der Waals surface area contributed by atoms with Crippen LogP contribution in [-0.4, -0.2) is 55.1 Å². The van der Waals surface area contributed by atoms with Gasteiger partial charge in [-0.2, -0.15) is 0 Å². The Balaban J connectivity index is 1.60. The Labute approximate surface area is 206 Å². The van der Waals surface area contributed by atoms with Crippen LogP contribution < -0.4 is 5.43 Å². The zero-order valence-electron chi connectivity index (χ0n) is 21.1. The van der Waals surface area contributed by atoms with E-state index in [0.29, 0.717) is 36.3 Å². The molecule has 1 fully saturated rings. The molecule has 0 spiro atoms. The number of nitrogens with zero attached hydrogens (tertiary/aromatic N) is 2. The van der Waals surface area contributed by atoms with Gasteiger partial charge in [-0.25, -0.2) is 0 Å². The molecule has 6 nitrogen and oxygen atoms in total. The van der Waals surface area contributed by atoms with Gasteiger partial charge < -0.3 is 14.1 Å². The Morgan fingerprint density at radius 1 is 0.971 bits per heavy atom. The summed E-state index contributed by atoms with van der Waals surface area (Å²) >= 11 is 0. The van der Waals surface area contributed by atoms with Gasteiger partial charge in [0.25, 0.3) is 5.91 Å². The normalized spacial score (nSPS) is 18.9. The molecular weight excluding hydrogens is 440 g/mol. The van der Waals surface area contributed by atoms with Gasteiger partial charge in [-0.15, -0.1) is 0 Å². The molecule has 1 aromatic heterocycles. The van der Waals surface area contributed by atoms with Gasteiger partial charge in [-0.05, 0) is 40.7 Å². The first-order chi connectivity index (χ1) is 16.8. The first-order valence-electron chi connectivity index (χ1n) is 12.6. The molecule has 5 rings (SSSR count). The number of aryl methyl sites for hydroxylation is 1. The fourth-order valence-corrected chi connectivity index (χ4v) is 5.10. The quantitative estimate of drug-likeness (QED) is 0.544. The van der Waals surface area contributed by atoms with E-state index in [1.54, 1.807) is 0 Å². The van der Waals surface area contributed by atoms with Crippen molar-refractivity contribution in [3.63, 3.8) is 0 Å². The van der Waals surface area contributed by atoms with Crippen LogP contribution in [0.4, 0.5) is 0 Å². The SMILES string of the molecule is CCc1ccc2oc3c(c(=O)c2c1)C(c1ccc(C(C)(C)C)cc1)N(CCN1CCOCC1)C3=O. The summed E-state index contributed by atoms with van der Waals surface area (Å²) < 4.78 is 11.6. The lowest BCUT2D eigenvalue weighted by molar-refractivity contribution is 0.0314. The van der Waals surface area contributed by atoms with Gasteiger partial charge in [-0.1, -0.05) is 58.0 Å². The van der Waals surface area contributed by atoms with E-state index in [1.807, 2.05) is 23.1 Å². The molecule has 0 bridgehead atoms. The fourth-order valence-electron chi connectivity index (χ4n) is 5.10. The smallest absolute Gasteiger partial charge is 0.290 e. The minimum atomic E-state index is -0.460. The summed E-state index contributed by atoms with van der Waals surface area (Å²) in [6.45, 7) is 13.0. The number of ether oxygens (including phenoxy) is 1. The summed E-state index contributed by atoms with van der Waals surface area (Å²) in [5, 5.41) is 0.544. The van der Waals surface area contributed by atoms with Crippen molar-refractivity contribution in [2.75, 3.05) is 39.4 Å². The summed E-state index contributed by atoms with van der Waals surface area (Å²) in [7, 11) is 0. The molecule has 2 aliphatic heterocycles. The van der Waals surface area contributed by atoms with E-state index in [0.717, 1.165) is 37.2 Å². The Morgan fingerprint density at radius 2 is 1.69 bits per heavy atom. The highest BCUT2D eigenvalue weighted by Gasteiger charge is 2.42. The number of fused-ring (bicyclic) bond motifs is 2. The second kappa shape index (κ2) is 9.25. The van der Waals surface area contributed by atoms with Crippen LogP contribution >= 0.6 is 0 Å². The molecule has 3 aromatic rings. The van der Waals surface area contributed by atoms with Crippen molar-refractivity contribution in [1.82, 2.24) is 9.80 Å². The summed E-state index contributed by atoms with van der Waals surface area (Å²) in [5.41, 5.74) is 4.06. The number of hydrogen-bond acceptors (Lipinski definition) is 5. The van der Waals surface area contributed by atoms with Crippen molar-refractivity contribution in [3.8, 4) is 0 Å². The van der Waals surface area contributed by atoms with Gasteiger partial charge in [0.15, 0.2) is 5.43 Å². The van der Waals surface area contributed by atoms with Crippen LogP contribution in [0.1, 0.15) is 66.5 Å². The Hall–Kier alpha value is -2.96. The Bertz CT molecular complexity index is 1300. The van der Waals surface area contributed by atoms with E-state index in [9.17, 15) is 9.59 Å². The third-order valence-electron chi connectivity index (χ3n) is 7.29. The van der Waals surface area contributed by atoms with Crippen LogP contribution in [0.25, 0.3) is 11.0 Å². The molecule has 2 aliphatic rings. The molecule has 1 saturated heterocycles. The molecule has 35 heavy (non-hydrogen) atoms. The van der Waals surface area contributed by atoms with Crippen LogP contribution in [0, 0.1) is 0 Å². The minimum Gasteiger partial charge on any atom is -0.450 e. The molecule has 0 aliphatic carbocycles. The summed E-state index contributed by atoms with van der Waals surface area (Å²) in [6, 6.07) is 13.5. The van der Waals surface area contributed by atoms with Crippen molar-refractivity contribution in [2.24, 2.45) is 0 Å². The molecule has 1 amide bonds. The van der Waals surface area contributed by atoms with Crippen molar-refractivity contribution >= 4 is 16.9 Å². The highest BCUT2D eigenvalue weighted by atomic mass is 16.5. The zero-order valence-corrected chi connectivity index (χ0v) is 21.1. The largest absolute Gasteiger partial charge is 0.450 e. The fraction of sp³-hybridized carbons (Fsp3) is 0.448. The predicted molar refractivity (Wildman–Crippen MR) is 137 cm³/mol. The monoisotopic (exact) mass is 474 g/mol. The molecule has 2 aromatic carbocycles. The maximum absolute atomic E-state index is 13.8. The van der Waals surface area contributed by atoms with Gasteiger partial charge in [0, 0.05) is 26.2 Å². The molecular formula is C29H34N2O4. The first kappa shape index (κ1) is 23.8. The van der Waals surface area contributed by atoms with E-state index in [1.165, 1.54) is 5.56 Å². The van der Waals surface area contributed by atoms with Crippen LogP contribution in [0.5, 0.6) is 0 Å². The number of rotatable bonds is 5. The standard InChI is InChI=1S/C29H34N2O4/c1-5-19-6-11-23-22(18-19)26(32)24-25(20-7-9-21(10-8-20)29(2,3)4)31(28(33)27(24)35-23)13-12-30-14-16-34-17-15-30/h6-11,18,25H,5,12-17H2,1-4H3. The molecule has 1 atom stereocenters. The van der Waals surface area contributed by atoms with Gasteiger partial charge in [0.05, 0.1) is 30.2 Å². The highest BCUT2D eigenvalue weighted by Crippen LogP contribution is 2.38. The van der Waals surface area contributed by atoms with Crippen LogP contribution in [0.3, 0.4) is 0 Å². The third kappa shape index (κ3) is 4.41. The van der Waals surface area contributed by atoms with Crippen molar-refractivity contribution in [3.05, 3.63) is 80.7 Å². The second-order valence-electron chi connectivity index (χ2n) is 10.6. The minimum absolute atomic E-state index is 0.0176. The second-order valence-corrected chi connectivity index (χ2v) is 10.6. The average Bonchev–Trinajstić information content (AvgIpc) is 3.14. The number of amides is 1. The highest BCUT2D eigenvalue weighted by molar-refractivity contribution is 5.99. The lowest BCUT2D eigenvalue weighted by atomic mass is 9.86. The molecule has 1 unspecified atom stereocenters. The Kier molecular flexibility index (Phi) is 6.28. The van der Waals surface area contributed by atoms with Crippen LogP contribution in [0.2, 0.25) is 0 Å². The van der Waals surface area contributed by atoms with Crippen LogP contribution in [-0.2, 0) is 16.6 Å². The van der Waals surface area contributed by atoms with Crippen molar-refractivity contribution < 1.29 is 13.9 Å². The van der Waals surface area contributed by atoms with Crippen molar-refractivity contribution in [2.45, 2.75) is 45.6 Å². The van der Waals surface area contributed by atoms with E-state index in [-0.39, 0.29) is 22.5 Å². The molecule has 184 valence electrons. The maximum Gasteiger partial charge on any atom is 0.290 e. The summed E-state index contributed by atoms with van der Waals surface area (Å²) in [4.78, 5) is 31.6. The van der Waals surface area contributed by atoms with Crippen molar-refractivity contribution in [1.29, 1.82) is 0 Å². The lowest BCUT2D eigenvalue weighted by Crippen LogP contribution is -2.42.